The number of allylic oxidation sites excluding steroid dienone is 1. The lowest BCUT2D eigenvalue weighted by molar-refractivity contribution is -0.142. The molecule has 2 aliphatic rings. The van der Waals surface area contributed by atoms with Crippen LogP contribution >= 0.6 is 0 Å². The molecule has 2 aliphatic heterocycles. The SMILES string of the molecule is C[C@@H]1[C@H](c2ccccc2)OC(=O)N1C(=O)[C@H](C)[C@H]1OC(=CCCOCCO)C=CC1=O. The summed E-state index contributed by atoms with van der Waals surface area (Å²) in [5.74, 6) is -1.28. The third-order valence-electron chi connectivity index (χ3n) is 5.28. The first-order chi connectivity index (χ1) is 14.9. The van der Waals surface area contributed by atoms with Crippen molar-refractivity contribution in [2.24, 2.45) is 5.92 Å². The zero-order valence-electron chi connectivity index (χ0n) is 17.6. The molecule has 0 unspecified atom stereocenters. The molecule has 0 aliphatic carbocycles. The predicted octanol–water partition coefficient (Wildman–Crippen LogP) is 2.54. The van der Waals surface area contributed by atoms with Crippen LogP contribution in [0.4, 0.5) is 4.79 Å². The fourth-order valence-corrected chi connectivity index (χ4v) is 3.61. The van der Waals surface area contributed by atoms with Crippen LogP contribution < -0.4 is 0 Å². The van der Waals surface area contributed by atoms with E-state index >= 15 is 0 Å². The summed E-state index contributed by atoms with van der Waals surface area (Å²) in [7, 11) is 0. The number of benzene rings is 1. The van der Waals surface area contributed by atoms with E-state index in [0.717, 1.165) is 10.5 Å². The molecule has 0 spiro atoms. The van der Waals surface area contributed by atoms with Crippen molar-refractivity contribution in [2.75, 3.05) is 19.8 Å². The van der Waals surface area contributed by atoms with Gasteiger partial charge in [-0.3, -0.25) is 9.59 Å². The van der Waals surface area contributed by atoms with Gasteiger partial charge in [-0.15, -0.1) is 0 Å². The molecule has 1 aromatic rings. The number of amides is 2. The number of nitrogens with zero attached hydrogens (tertiary/aromatic N) is 1. The highest BCUT2D eigenvalue weighted by Gasteiger charge is 2.47. The highest BCUT2D eigenvalue weighted by molar-refractivity contribution is 6.01. The largest absolute Gasteiger partial charge is 0.482 e. The number of rotatable bonds is 8. The molecule has 2 heterocycles. The minimum Gasteiger partial charge on any atom is -0.482 e. The monoisotopic (exact) mass is 429 g/mol. The lowest BCUT2D eigenvalue weighted by atomic mass is 9.95. The molecule has 166 valence electrons. The highest BCUT2D eigenvalue weighted by atomic mass is 16.6. The van der Waals surface area contributed by atoms with Gasteiger partial charge >= 0.3 is 6.09 Å². The van der Waals surface area contributed by atoms with E-state index in [2.05, 4.69) is 0 Å². The lowest BCUT2D eigenvalue weighted by Crippen LogP contribution is -2.47. The normalized spacial score (nSPS) is 25.5. The van der Waals surface area contributed by atoms with Gasteiger partial charge in [-0.05, 0) is 44.1 Å². The van der Waals surface area contributed by atoms with Crippen molar-refractivity contribution in [3.05, 3.63) is 59.9 Å². The molecule has 31 heavy (non-hydrogen) atoms. The van der Waals surface area contributed by atoms with Gasteiger partial charge in [0.15, 0.2) is 11.9 Å². The third-order valence-corrected chi connectivity index (χ3v) is 5.28. The molecule has 1 fully saturated rings. The van der Waals surface area contributed by atoms with Crippen molar-refractivity contribution >= 4 is 17.8 Å². The number of aliphatic hydroxyl groups excluding tert-OH is 1. The van der Waals surface area contributed by atoms with Gasteiger partial charge in [0.1, 0.15) is 11.9 Å². The summed E-state index contributed by atoms with van der Waals surface area (Å²) in [6.07, 6.45) is 2.87. The fourth-order valence-electron chi connectivity index (χ4n) is 3.61. The quantitative estimate of drug-likeness (QED) is 0.634. The van der Waals surface area contributed by atoms with E-state index in [1.807, 2.05) is 30.3 Å². The second kappa shape index (κ2) is 10.4. The van der Waals surface area contributed by atoms with Crippen LogP contribution in [0.5, 0.6) is 0 Å². The molecule has 1 saturated heterocycles. The third kappa shape index (κ3) is 5.21. The maximum absolute atomic E-state index is 13.1. The summed E-state index contributed by atoms with van der Waals surface area (Å²) >= 11 is 0. The Labute approximate surface area is 181 Å². The van der Waals surface area contributed by atoms with Crippen molar-refractivity contribution in [1.29, 1.82) is 0 Å². The second-order valence-corrected chi connectivity index (χ2v) is 7.46. The van der Waals surface area contributed by atoms with Crippen molar-refractivity contribution < 1.29 is 33.7 Å². The molecule has 0 saturated carbocycles. The second-order valence-electron chi connectivity index (χ2n) is 7.46. The number of carbonyl (C=O) groups excluding carboxylic acids is 3. The Kier molecular flexibility index (Phi) is 7.59. The van der Waals surface area contributed by atoms with E-state index in [1.54, 1.807) is 26.0 Å². The molecule has 8 heteroatoms. The van der Waals surface area contributed by atoms with Crippen LogP contribution in [0.15, 0.2) is 54.3 Å². The summed E-state index contributed by atoms with van der Waals surface area (Å²) in [5.41, 5.74) is 0.799. The van der Waals surface area contributed by atoms with Crippen LogP contribution in [0, 0.1) is 5.92 Å². The van der Waals surface area contributed by atoms with Gasteiger partial charge in [-0.25, -0.2) is 9.69 Å². The van der Waals surface area contributed by atoms with Crippen LogP contribution in [-0.2, 0) is 23.8 Å². The average molecular weight is 429 g/mol. The van der Waals surface area contributed by atoms with E-state index in [1.165, 1.54) is 6.08 Å². The van der Waals surface area contributed by atoms with Gasteiger partial charge in [0.2, 0.25) is 5.91 Å². The van der Waals surface area contributed by atoms with Crippen LogP contribution in [-0.4, -0.2) is 59.8 Å². The van der Waals surface area contributed by atoms with Crippen molar-refractivity contribution in [3.63, 3.8) is 0 Å². The Bertz CT molecular complexity index is 864. The Morgan fingerprint density at radius 3 is 2.65 bits per heavy atom. The van der Waals surface area contributed by atoms with Crippen LogP contribution in [0.2, 0.25) is 0 Å². The van der Waals surface area contributed by atoms with E-state index < -0.39 is 36.2 Å². The minimum atomic E-state index is -1.03. The number of ketones is 1. The van der Waals surface area contributed by atoms with Crippen molar-refractivity contribution in [2.45, 2.75) is 38.5 Å². The van der Waals surface area contributed by atoms with Gasteiger partial charge in [-0.2, -0.15) is 0 Å². The summed E-state index contributed by atoms with van der Waals surface area (Å²) < 4.78 is 16.4. The number of hydrogen-bond acceptors (Lipinski definition) is 7. The van der Waals surface area contributed by atoms with E-state index in [4.69, 9.17) is 19.3 Å². The van der Waals surface area contributed by atoms with Gasteiger partial charge in [-0.1, -0.05) is 30.3 Å². The van der Waals surface area contributed by atoms with Gasteiger partial charge in [0, 0.05) is 0 Å². The Hall–Kier alpha value is -2.97. The first-order valence-corrected chi connectivity index (χ1v) is 10.3. The molecule has 8 nitrogen and oxygen atoms in total. The average Bonchev–Trinajstić information content (AvgIpc) is 3.08. The predicted molar refractivity (Wildman–Crippen MR) is 111 cm³/mol. The zero-order chi connectivity index (χ0) is 22.4. The van der Waals surface area contributed by atoms with E-state index in [9.17, 15) is 14.4 Å². The first kappa shape index (κ1) is 22.7. The molecular weight excluding hydrogens is 402 g/mol. The topological polar surface area (TPSA) is 102 Å². The zero-order valence-corrected chi connectivity index (χ0v) is 17.6. The number of carbonyl (C=O) groups is 3. The van der Waals surface area contributed by atoms with Crippen LogP contribution in [0.1, 0.15) is 31.9 Å². The summed E-state index contributed by atoms with van der Waals surface area (Å²) in [5, 5.41) is 8.72. The van der Waals surface area contributed by atoms with Crippen LogP contribution in [0.3, 0.4) is 0 Å². The van der Waals surface area contributed by atoms with E-state index in [-0.39, 0.29) is 19.0 Å². The standard InChI is InChI=1S/C23H27NO7/c1-15(20-19(26)11-10-18(30-20)9-6-13-29-14-12-25)22(27)24-16(2)21(31-23(24)28)17-7-4-3-5-8-17/h3-5,7-11,15-16,20-21,25H,6,12-14H2,1-2H3/t15-,16-,20-,21-/m1/s1. The molecule has 0 bridgehead atoms. The summed E-state index contributed by atoms with van der Waals surface area (Å²) in [6.45, 7) is 3.91. The summed E-state index contributed by atoms with van der Waals surface area (Å²) in [6, 6.07) is 8.70. The van der Waals surface area contributed by atoms with Crippen molar-refractivity contribution in [1.82, 2.24) is 4.90 Å². The first-order valence-electron chi connectivity index (χ1n) is 10.3. The number of aliphatic hydroxyl groups is 1. The molecule has 4 atom stereocenters. The molecule has 0 aromatic heterocycles. The number of cyclic esters (lactones) is 1. The Balaban J connectivity index is 1.67. The summed E-state index contributed by atoms with van der Waals surface area (Å²) in [4.78, 5) is 39.1. The Morgan fingerprint density at radius 2 is 1.94 bits per heavy atom. The van der Waals surface area contributed by atoms with Crippen LogP contribution in [0.25, 0.3) is 0 Å². The molecular formula is C23H27NO7. The molecule has 1 aromatic carbocycles. The molecule has 0 radical (unpaired) electrons. The van der Waals surface area contributed by atoms with Gasteiger partial charge < -0.3 is 19.3 Å². The van der Waals surface area contributed by atoms with Crippen molar-refractivity contribution in [3.8, 4) is 0 Å². The maximum atomic E-state index is 13.1. The number of imide groups is 1. The highest BCUT2D eigenvalue weighted by Crippen LogP contribution is 2.34. The number of hydrogen-bond donors (Lipinski definition) is 1. The molecule has 3 rings (SSSR count). The fraction of sp³-hybridized carbons (Fsp3) is 0.435. The smallest absolute Gasteiger partial charge is 0.417 e. The maximum Gasteiger partial charge on any atom is 0.417 e. The minimum absolute atomic E-state index is 0.0499. The van der Waals surface area contributed by atoms with E-state index in [0.29, 0.717) is 18.8 Å². The molecule has 2 amide bonds. The Morgan fingerprint density at radius 1 is 1.19 bits per heavy atom. The molecule has 1 N–H and O–H groups in total. The van der Waals surface area contributed by atoms with Gasteiger partial charge in [0.25, 0.3) is 0 Å². The lowest BCUT2D eigenvalue weighted by Gasteiger charge is -2.28. The van der Waals surface area contributed by atoms with Gasteiger partial charge in [0.05, 0.1) is 31.8 Å². The number of ether oxygens (including phenoxy) is 3.